The summed E-state index contributed by atoms with van der Waals surface area (Å²) < 4.78 is 5.22. The number of hydrogen-bond acceptors (Lipinski definition) is 5. The van der Waals surface area contributed by atoms with E-state index in [0.717, 1.165) is 17.7 Å². The summed E-state index contributed by atoms with van der Waals surface area (Å²) in [6.07, 6.45) is 2.06. The van der Waals surface area contributed by atoms with E-state index in [-0.39, 0.29) is 23.6 Å². The highest BCUT2D eigenvalue weighted by atomic mass is 32.1. The SMILES string of the molecule is O=C(NC1CC1)c1cccc(NC(=O)c2cc(-c3cccs3)on2)c1. The van der Waals surface area contributed by atoms with Gasteiger partial charge in [0.25, 0.3) is 11.8 Å². The highest BCUT2D eigenvalue weighted by Gasteiger charge is 2.24. The lowest BCUT2D eigenvalue weighted by molar-refractivity contribution is 0.0949. The number of hydrogen-bond donors (Lipinski definition) is 2. The smallest absolute Gasteiger partial charge is 0.277 e. The maximum absolute atomic E-state index is 12.3. The zero-order valence-corrected chi connectivity index (χ0v) is 14.0. The van der Waals surface area contributed by atoms with Gasteiger partial charge in [0.1, 0.15) is 0 Å². The van der Waals surface area contributed by atoms with E-state index in [4.69, 9.17) is 4.52 Å². The average molecular weight is 353 g/mol. The lowest BCUT2D eigenvalue weighted by atomic mass is 10.2. The van der Waals surface area contributed by atoms with Gasteiger partial charge < -0.3 is 15.2 Å². The predicted molar refractivity (Wildman–Crippen MR) is 94.7 cm³/mol. The number of benzene rings is 1. The molecule has 25 heavy (non-hydrogen) atoms. The molecular weight excluding hydrogens is 338 g/mol. The Balaban J connectivity index is 1.46. The van der Waals surface area contributed by atoms with Gasteiger partial charge in [-0.05, 0) is 42.5 Å². The number of nitrogens with one attached hydrogen (secondary N) is 2. The van der Waals surface area contributed by atoms with E-state index >= 15 is 0 Å². The Morgan fingerprint density at radius 2 is 2.00 bits per heavy atom. The van der Waals surface area contributed by atoms with E-state index in [9.17, 15) is 9.59 Å². The second-order valence-electron chi connectivity index (χ2n) is 5.84. The molecule has 6 nitrogen and oxygen atoms in total. The summed E-state index contributed by atoms with van der Waals surface area (Å²) in [5.41, 5.74) is 1.24. The minimum Gasteiger partial charge on any atom is -0.355 e. The molecule has 0 bridgehead atoms. The normalized spacial score (nSPS) is 13.4. The van der Waals surface area contributed by atoms with Gasteiger partial charge in [-0.25, -0.2) is 0 Å². The first-order valence-corrected chi connectivity index (χ1v) is 8.80. The fourth-order valence-corrected chi connectivity index (χ4v) is 3.02. The molecule has 2 aromatic heterocycles. The van der Waals surface area contributed by atoms with Crippen LogP contribution in [0.1, 0.15) is 33.7 Å². The monoisotopic (exact) mass is 353 g/mol. The van der Waals surface area contributed by atoms with Crippen LogP contribution in [-0.2, 0) is 0 Å². The highest BCUT2D eigenvalue weighted by Crippen LogP contribution is 2.25. The molecule has 0 radical (unpaired) electrons. The topological polar surface area (TPSA) is 84.2 Å². The Labute approximate surface area is 147 Å². The molecule has 2 amide bonds. The first-order chi connectivity index (χ1) is 12.2. The fourth-order valence-electron chi connectivity index (χ4n) is 2.35. The Morgan fingerprint density at radius 1 is 1.12 bits per heavy atom. The Morgan fingerprint density at radius 3 is 2.76 bits per heavy atom. The van der Waals surface area contributed by atoms with Crippen LogP contribution >= 0.6 is 11.3 Å². The fraction of sp³-hybridized carbons (Fsp3) is 0.167. The summed E-state index contributed by atoms with van der Waals surface area (Å²) in [4.78, 5) is 25.3. The molecule has 0 unspecified atom stereocenters. The van der Waals surface area contributed by atoms with Crippen LogP contribution in [0, 0.1) is 0 Å². The van der Waals surface area contributed by atoms with E-state index in [1.54, 1.807) is 30.3 Å². The summed E-state index contributed by atoms with van der Waals surface area (Å²) >= 11 is 1.51. The molecule has 1 fully saturated rings. The quantitative estimate of drug-likeness (QED) is 0.735. The van der Waals surface area contributed by atoms with Crippen LogP contribution in [0.4, 0.5) is 5.69 Å². The zero-order valence-electron chi connectivity index (χ0n) is 13.2. The molecule has 1 aliphatic rings. The third-order valence-corrected chi connectivity index (χ3v) is 4.69. The second kappa shape index (κ2) is 6.52. The van der Waals surface area contributed by atoms with Gasteiger partial charge in [-0.3, -0.25) is 9.59 Å². The van der Waals surface area contributed by atoms with Crippen molar-refractivity contribution < 1.29 is 14.1 Å². The minimum atomic E-state index is -0.383. The van der Waals surface area contributed by atoms with Crippen LogP contribution in [0.2, 0.25) is 0 Å². The van der Waals surface area contributed by atoms with Gasteiger partial charge in [0, 0.05) is 23.4 Å². The molecule has 1 aliphatic carbocycles. The Bertz CT molecular complexity index is 913. The molecule has 1 aromatic carbocycles. The van der Waals surface area contributed by atoms with Crippen LogP contribution in [0.3, 0.4) is 0 Å². The molecule has 0 spiro atoms. The summed E-state index contributed by atoms with van der Waals surface area (Å²) in [5.74, 6) is 0.0454. The van der Waals surface area contributed by atoms with Crippen LogP contribution < -0.4 is 10.6 Å². The van der Waals surface area contributed by atoms with Crippen molar-refractivity contribution in [1.29, 1.82) is 0 Å². The first-order valence-electron chi connectivity index (χ1n) is 7.92. The van der Waals surface area contributed by atoms with Crippen molar-refractivity contribution in [2.45, 2.75) is 18.9 Å². The molecule has 0 aliphatic heterocycles. The zero-order chi connectivity index (χ0) is 17.2. The van der Waals surface area contributed by atoms with Crippen molar-refractivity contribution in [3.8, 4) is 10.6 Å². The Kier molecular flexibility index (Phi) is 4.07. The van der Waals surface area contributed by atoms with Gasteiger partial charge >= 0.3 is 0 Å². The number of thiophene rings is 1. The lowest BCUT2D eigenvalue weighted by Gasteiger charge is -2.06. The van der Waals surface area contributed by atoms with E-state index in [2.05, 4.69) is 15.8 Å². The van der Waals surface area contributed by atoms with E-state index < -0.39 is 0 Å². The standard InChI is InChI=1S/C18H15N3O3S/c22-17(19-12-6-7-12)11-3-1-4-13(9-11)20-18(23)14-10-15(24-21-14)16-5-2-8-25-16/h1-5,8-10,12H,6-7H2,(H,19,22)(H,20,23). The number of carbonyl (C=O) groups is 2. The summed E-state index contributed by atoms with van der Waals surface area (Å²) in [5, 5.41) is 11.4. The number of anilines is 1. The van der Waals surface area contributed by atoms with Crippen molar-refractivity contribution in [2.75, 3.05) is 5.32 Å². The van der Waals surface area contributed by atoms with Crippen molar-refractivity contribution in [2.24, 2.45) is 0 Å². The number of amides is 2. The largest absolute Gasteiger partial charge is 0.355 e. The van der Waals surface area contributed by atoms with Crippen molar-refractivity contribution in [3.63, 3.8) is 0 Å². The molecule has 126 valence electrons. The molecule has 0 atom stereocenters. The van der Waals surface area contributed by atoms with E-state index in [1.165, 1.54) is 11.3 Å². The maximum atomic E-state index is 12.3. The van der Waals surface area contributed by atoms with Gasteiger partial charge in [0.05, 0.1) is 4.88 Å². The molecule has 2 N–H and O–H groups in total. The van der Waals surface area contributed by atoms with Gasteiger partial charge in [-0.2, -0.15) is 0 Å². The minimum absolute atomic E-state index is 0.125. The third-order valence-electron chi connectivity index (χ3n) is 3.80. The van der Waals surface area contributed by atoms with Crippen LogP contribution in [0.5, 0.6) is 0 Å². The average Bonchev–Trinajstić information content (AvgIpc) is 3.09. The second-order valence-corrected chi connectivity index (χ2v) is 6.78. The third kappa shape index (κ3) is 3.61. The van der Waals surface area contributed by atoms with E-state index in [1.807, 2.05) is 17.5 Å². The molecular formula is C18H15N3O3S. The van der Waals surface area contributed by atoms with E-state index in [0.29, 0.717) is 17.0 Å². The van der Waals surface area contributed by atoms with Crippen LogP contribution in [0.25, 0.3) is 10.6 Å². The molecule has 0 saturated heterocycles. The lowest BCUT2D eigenvalue weighted by Crippen LogP contribution is -2.25. The number of nitrogens with zero attached hydrogens (tertiary/aromatic N) is 1. The Hall–Kier alpha value is -2.93. The number of rotatable bonds is 5. The maximum Gasteiger partial charge on any atom is 0.277 e. The summed E-state index contributed by atoms with van der Waals surface area (Å²) in [6.45, 7) is 0. The van der Waals surface area contributed by atoms with Gasteiger partial charge in [-0.15, -0.1) is 11.3 Å². The molecule has 7 heteroatoms. The van der Waals surface area contributed by atoms with Gasteiger partial charge in [-0.1, -0.05) is 17.3 Å². The molecule has 2 heterocycles. The number of aromatic nitrogens is 1. The van der Waals surface area contributed by atoms with Crippen molar-refractivity contribution >= 4 is 28.8 Å². The predicted octanol–water partition coefficient (Wildman–Crippen LogP) is 3.55. The van der Waals surface area contributed by atoms with Crippen molar-refractivity contribution in [1.82, 2.24) is 10.5 Å². The van der Waals surface area contributed by atoms with Crippen LogP contribution in [0.15, 0.2) is 52.4 Å². The van der Waals surface area contributed by atoms with Crippen LogP contribution in [-0.4, -0.2) is 23.0 Å². The number of carbonyl (C=O) groups excluding carboxylic acids is 2. The van der Waals surface area contributed by atoms with Gasteiger partial charge in [0.2, 0.25) is 0 Å². The van der Waals surface area contributed by atoms with Crippen molar-refractivity contribution in [3.05, 3.63) is 59.1 Å². The first kappa shape index (κ1) is 15.6. The molecule has 1 saturated carbocycles. The summed E-state index contributed by atoms with van der Waals surface area (Å²) in [6, 6.07) is 12.5. The summed E-state index contributed by atoms with van der Waals surface area (Å²) in [7, 11) is 0. The molecule has 3 aromatic rings. The molecule has 4 rings (SSSR count). The highest BCUT2D eigenvalue weighted by molar-refractivity contribution is 7.13. The van der Waals surface area contributed by atoms with Gasteiger partial charge in [0.15, 0.2) is 11.5 Å².